The summed E-state index contributed by atoms with van der Waals surface area (Å²) in [5.74, 6) is 3.24. The number of anilines is 3. The summed E-state index contributed by atoms with van der Waals surface area (Å²) in [6.45, 7) is 6.41. The maximum absolute atomic E-state index is 5.98. The molecule has 3 rings (SSSR count). The third kappa shape index (κ3) is 4.35. The van der Waals surface area contributed by atoms with Crippen molar-refractivity contribution in [1.82, 2.24) is 14.9 Å². The molecule has 0 atom stereocenters. The molecule has 1 saturated heterocycles. The van der Waals surface area contributed by atoms with Crippen LogP contribution >= 0.6 is 0 Å². The first-order valence-electron chi connectivity index (χ1n) is 8.92. The molecule has 1 aromatic heterocycles. The van der Waals surface area contributed by atoms with Crippen LogP contribution in [0.2, 0.25) is 0 Å². The average Bonchev–Trinajstić information content (AvgIpc) is 2.62. The van der Waals surface area contributed by atoms with Gasteiger partial charge in [-0.15, -0.1) is 0 Å². The fraction of sp³-hybridized carbons (Fsp3) is 0.474. The first-order chi connectivity index (χ1) is 12.6. The van der Waals surface area contributed by atoms with Gasteiger partial charge in [0.15, 0.2) is 11.5 Å². The summed E-state index contributed by atoms with van der Waals surface area (Å²) < 4.78 is 11.4. The second-order valence-corrected chi connectivity index (χ2v) is 6.74. The second-order valence-electron chi connectivity index (χ2n) is 6.74. The quantitative estimate of drug-likeness (QED) is 0.728. The molecule has 0 saturated carbocycles. The maximum atomic E-state index is 5.98. The number of nitrogen functional groups attached to an aromatic ring is 1. The van der Waals surface area contributed by atoms with Crippen molar-refractivity contribution < 1.29 is 9.47 Å². The van der Waals surface area contributed by atoms with Crippen LogP contribution in [0.3, 0.4) is 0 Å². The first kappa shape index (κ1) is 18.3. The number of ether oxygens (including phenoxy) is 2. The normalized spacial score (nSPS) is 14.7. The Balaban J connectivity index is 1.63. The summed E-state index contributed by atoms with van der Waals surface area (Å²) in [7, 11) is 3.54. The standard InChI is InChI=1S/C19H27N5O2/c1-14-12-24(13-14)9-4-10-26-17-11-15(5-6-16(17)25-3)23(2)19-21-8-7-18(20)22-19/h5-8,11,14H,4,9-10,12-13H2,1-3H3,(H2,20,21,22). The number of rotatable bonds is 8. The molecule has 1 aromatic carbocycles. The van der Waals surface area contributed by atoms with Gasteiger partial charge in [-0.25, -0.2) is 4.98 Å². The Morgan fingerprint density at radius 1 is 1.27 bits per heavy atom. The van der Waals surface area contributed by atoms with E-state index in [-0.39, 0.29) is 0 Å². The van der Waals surface area contributed by atoms with Crippen LogP contribution in [-0.4, -0.2) is 55.3 Å². The van der Waals surface area contributed by atoms with Crippen molar-refractivity contribution in [1.29, 1.82) is 0 Å². The smallest absolute Gasteiger partial charge is 0.231 e. The van der Waals surface area contributed by atoms with Crippen molar-refractivity contribution in [3.8, 4) is 11.5 Å². The van der Waals surface area contributed by atoms with Gasteiger partial charge in [-0.3, -0.25) is 0 Å². The van der Waals surface area contributed by atoms with Crippen LogP contribution in [0.1, 0.15) is 13.3 Å². The van der Waals surface area contributed by atoms with Crippen LogP contribution in [0.15, 0.2) is 30.5 Å². The molecule has 2 N–H and O–H groups in total. The zero-order valence-corrected chi connectivity index (χ0v) is 15.7. The summed E-state index contributed by atoms with van der Waals surface area (Å²) in [5, 5.41) is 0. The van der Waals surface area contributed by atoms with Gasteiger partial charge in [0, 0.05) is 44.6 Å². The van der Waals surface area contributed by atoms with Gasteiger partial charge in [0.2, 0.25) is 5.95 Å². The van der Waals surface area contributed by atoms with Crippen molar-refractivity contribution in [2.45, 2.75) is 13.3 Å². The third-order valence-corrected chi connectivity index (χ3v) is 4.51. The molecule has 0 radical (unpaired) electrons. The average molecular weight is 357 g/mol. The predicted molar refractivity (Wildman–Crippen MR) is 103 cm³/mol. The largest absolute Gasteiger partial charge is 0.493 e. The van der Waals surface area contributed by atoms with Gasteiger partial charge in [0.1, 0.15) is 5.82 Å². The number of nitrogens with two attached hydrogens (primary N) is 1. The van der Waals surface area contributed by atoms with E-state index >= 15 is 0 Å². The molecule has 0 unspecified atom stereocenters. The zero-order valence-electron chi connectivity index (χ0n) is 15.7. The van der Waals surface area contributed by atoms with Gasteiger partial charge in [-0.1, -0.05) is 6.92 Å². The Morgan fingerprint density at radius 3 is 2.77 bits per heavy atom. The molecule has 0 spiro atoms. The summed E-state index contributed by atoms with van der Waals surface area (Å²) in [5.41, 5.74) is 6.66. The molecular weight excluding hydrogens is 330 g/mol. The highest BCUT2D eigenvalue weighted by Crippen LogP contribution is 2.33. The van der Waals surface area contributed by atoms with Crippen molar-refractivity contribution in [3.05, 3.63) is 30.5 Å². The molecule has 1 aliphatic rings. The van der Waals surface area contributed by atoms with Crippen molar-refractivity contribution >= 4 is 17.5 Å². The fourth-order valence-corrected chi connectivity index (χ4v) is 3.11. The molecule has 2 aromatic rings. The highest BCUT2D eigenvalue weighted by molar-refractivity contribution is 5.62. The Bertz CT molecular complexity index is 734. The van der Waals surface area contributed by atoms with Crippen LogP contribution in [0.25, 0.3) is 0 Å². The zero-order chi connectivity index (χ0) is 18.5. The minimum absolute atomic E-state index is 0.437. The fourth-order valence-electron chi connectivity index (χ4n) is 3.11. The van der Waals surface area contributed by atoms with E-state index in [1.807, 2.05) is 30.1 Å². The topological polar surface area (TPSA) is 76.7 Å². The predicted octanol–water partition coefficient (Wildman–Crippen LogP) is 2.56. The molecule has 1 fully saturated rings. The lowest BCUT2D eigenvalue weighted by Crippen LogP contribution is -2.45. The number of hydrogen-bond acceptors (Lipinski definition) is 7. The van der Waals surface area contributed by atoms with Gasteiger partial charge in [0.05, 0.1) is 13.7 Å². The molecule has 0 bridgehead atoms. The summed E-state index contributed by atoms with van der Waals surface area (Å²) in [4.78, 5) is 12.8. The van der Waals surface area contributed by atoms with Gasteiger partial charge in [-0.2, -0.15) is 4.98 Å². The summed E-state index contributed by atoms with van der Waals surface area (Å²) >= 11 is 0. The van der Waals surface area contributed by atoms with Crippen molar-refractivity contribution in [2.24, 2.45) is 5.92 Å². The van der Waals surface area contributed by atoms with E-state index in [4.69, 9.17) is 15.2 Å². The van der Waals surface area contributed by atoms with Crippen molar-refractivity contribution in [2.75, 3.05) is 51.0 Å². The molecule has 140 valence electrons. The highest BCUT2D eigenvalue weighted by atomic mass is 16.5. The molecular formula is C19H27N5O2. The minimum atomic E-state index is 0.437. The molecule has 7 nitrogen and oxygen atoms in total. The highest BCUT2D eigenvalue weighted by Gasteiger charge is 2.21. The summed E-state index contributed by atoms with van der Waals surface area (Å²) in [6.07, 6.45) is 2.64. The van der Waals surface area contributed by atoms with Gasteiger partial charge in [-0.05, 0) is 30.5 Å². The third-order valence-electron chi connectivity index (χ3n) is 4.51. The Morgan fingerprint density at radius 2 is 2.08 bits per heavy atom. The van der Waals surface area contributed by atoms with Crippen LogP contribution in [0.5, 0.6) is 11.5 Å². The molecule has 26 heavy (non-hydrogen) atoms. The first-order valence-corrected chi connectivity index (χ1v) is 8.92. The summed E-state index contributed by atoms with van der Waals surface area (Å²) in [6, 6.07) is 7.44. The maximum Gasteiger partial charge on any atom is 0.231 e. The van der Waals surface area contributed by atoms with Gasteiger partial charge >= 0.3 is 0 Å². The lowest BCUT2D eigenvalue weighted by molar-refractivity contribution is 0.105. The Labute approximate surface area is 154 Å². The Kier molecular flexibility index (Phi) is 5.78. The number of methoxy groups -OCH3 is 1. The lowest BCUT2D eigenvalue weighted by Gasteiger charge is -2.37. The number of benzene rings is 1. The van der Waals surface area contributed by atoms with E-state index in [1.54, 1.807) is 19.4 Å². The molecule has 2 heterocycles. The lowest BCUT2D eigenvalue weighted by atomic mass is 10.0. The SMILES string of the molecule is COc1ccc(N(C)c2nccc(N)n2)cc1OCCCN1CC(C)C1. The number of likely N-dealkylation sites (tertiary alicyclic amines) is 1. The number of nitrogens with zero attached hydrogens (tertiary/aromatic N) is 4. The van der Waals surface area contributed by atoms with E-state index < -0.39 is 0 Å². The van der Waals surface area contributed by atoms with Crippen LogP contribution < -0.4 is 20.1 Å². The van der Waals surface area contributed by atoms with E-state index in [0.29, 0.717) is 24.1 Å². The van der Waals surface area contributed by atoms with E-state index in [0.717, 1.165) is 30.3 Å². The van der Waals surface area contributed by atoms with Gasteiger partial charge in [0.25, 0.3) is 0 Å². The molecule has 0 amide bonds. The van der Waals surface area contributed by atoms with Crippen molar-refractivity contribution in [3.63, 3.8) is 0 Å². The number of aromatic nitrogens is 2. The van der Waals surface area contributed by atoms with Crippen LogP contribution in [-0.2, 0) is 0 Å². The van der Waals surface area contributed by atoms with E-state index in [9.17, 15) is 0 Å². The molecule has 1 aliphatic heterocycles. The van der Waals surface area contributed by atoms with Gasteiger partial charge < -0.3 is 25.0 Å². The monoisotopic (exact) mass is 357 g/mol. The second kappa shape index (κ2) is 8.23. The van der Waals surface area contributed by atoms with Crippen LogP contribution in [0.4, 0.5) is 17.5 Å². The molecule has 7 heteroatoms. The molecule has 0 aliphatic carbocycles. The van der Waals surface area contributed by atoms with E-state index in [2.05, 4.69) is 21.8 Å². The number of hydrogen-bond donors (Lipinski definition) is 1. The van der Waals surface area contributed by atoms with E-state index in [1.165, 1.54) is 13.1 Å². The van der Waals surface area contributed by atoms with Crippen LogP contribution in [0, 0.1) is 5.92 Å². The minimum Gasteiger partial charge on any atom is -0.493 e. The Hall–Kier alpha value is -2.54.